The molecular formula is C15H20N2O2. The summed E-state index contributed by atoms with van der Waals surface area (Å²) in [6, 6.07) is 6.20. The van der Waals surface area contributed by atoms with Gasteiger partial charge in [-0.2, -0.15) is 0 Å². The number of fused-ring (bicyclic) bond motifs is 1. The molecule has 0 aliphatic heterocycles. The fraction of sp³-hybridized carbons (Fsp3) is 0.467. The third kappa shape index (κ3) is 2.95. The molecule has 4 nitrogen and oxygen atoms in total. The summed E-state index contributed by atoms with van der Waals surface area (Å²) in [5.41, 5.74) is 3.22. The summed E-state index contributed by atoms with van der Waals surface area (Å²) in [6.45, 7) is 7.26. The zero-order valence-corrected chi connectivity index (χ0v) is 11.8. The molecule has 0 bridgehead atoms. The molecule has 0 aliphatic carbocycles. The van der Waals surface area contributed by atoms with Crippen LogP contribution >= 0.6 is 0 Å². The fourth-order valence-electron chi connectivity index (χ4n) is 2.24. The number of benzene rings is 1. The molecule has 4 heteroatoms. The number of rotatable bonds is 5. The van der Waals surface area contributed by atoms with Gasteiger partial charge >= 0.3 is 5.97 Å². The molecule has 1 aromatic carbocycles. The number of aromatic nitrogens is 2. The van der Waals surface area contributed by atoms with Gasteiger partial charge in [0.1, 0.15) is 12.2 Å². The molecule has 0 saturated heterocycles. The molecule has 0 saturated carbocycles. The molecule has 2 aromatic rings. The lowest BCUT2D eigenvalue weighted by atomic mass is 10.2. The van der Waals surface area contributed by atoms with Crippen molar-refractivity contribution < 1.29 is 9.53 Å². The van der Waals surface area contributed by atoms with Crippen LogP contribution in [-0.4, -0.2) is 22.1 Å². The van der Waals surface area contributed by atoms with Crippen LogP contribution in [-0.2, 0) is 22.5 Å². The van der Waals surface area contributed by atoms with E-state index in [0.717, 1.165) is 29.8 Å². The maximum atomic E-state index is 11.6. The Morgan fingerprint density at radius 3 is 2.84 bits per heavy atom. The highest BCUT2D eigenvalue weighted by Crippen LogP contribution is 2.19. The van der Waals surface area contributed by atoms with Crippen molar-refractivity contribution in [3.8, 4) is 0 Å². The number of carbonyl (C=O) groups excluding carboxylic acids is 1. The summed E-state index contributed by atoms with van der Waals surface area (Å²) in [7, 11) is 0. The van der Waals surface area contributed by atoms with Crippen LogP contribution in [0.5, 0.6) is 0 Å². The summed E-state index contributed by atoms with van der Waals surface area (Å²) < 4.78 is 7.12. The van der Waals surface area contributed by atoms with Crippen molar-refractivity contribution in [2.45, 2.75) is 40.2 Å². The summed E-state index contributed by atoms with van der Waals surface area (Å²) in [5.74, 6) is 0.577. The maximum Gasteiger partial charge on any atom is 0.313 e. The van der Waals surface area contributed by atoms with E-state index in [9.17, 15) is 4.79 Å². The predicted molar refractivity (Wildman–Crippen MR) is 75.1 cm³/mol. The summed E-state index contributed by atoms with van der Waals surface area (Å²) in [6.07, 6.45) is 1.25. The minimum absolute atomic E-state index is 0.216. The largest absolute Gasteiger partial charge is 0.466 e. The first-order valence-corrected chi connectivity index (χ1v) is 6.77. The van der Waals surface area contributed by atoms with Gasteiger partial charge in [-0.05, 0) is 38.0 Å². The Morgan fingerprint density at radius 2 is 2.16 bits per heavy atom. The van der Waals surface area contributed by atoms with Gasteiger partial charge in [0.05, 0.1) is 17.6 Å². The Bertz CT molecular complexity index is 587. The first kappa shape index (κ1) is 13.6. The lowest BCUT2D eigenvalue weighted by Gasteiger charge is -2.07. The minimum Gasteiger partial charge on any atom is -0.466 e. The van der Waals surface area contributed by atoms with E-state index in [1.807, 2.05) is 13.8 Å². The van der Waals surface area contributed by atoms with Crippen molar-refractivity contribution in [2.24, 2.45) is 0 Å². The summed E-state index contributed by atoms with van der Waals surface area (Å²) >= 11 is 0. The molecule has 102 valence electrons. The zero-order valence-electron chi connectivity index (χ0n) is 11.8. The molecule has 1 heterocycles. The van der Waals surface area contributed by atoms with Crippen LogP contribution < -0.4 is 0 Å². The smallest absolute Gasteiger partial charge is 0.313 e. The predicted octanol–water partition coefficient (Wildman–Crippen LogP) is 2.86. The number of ether oxygens (including phenoxy) is 1. The number of imidazole rings is 1. The monoisotopic (exact) mass is 260 g/mol. The molecule has 0 aliphatic rings. The number of esters is 1. The number of aryl methyl sites for hydroxylation is 2. The second-order valence-corrected chi connectivity index (χ2v) is 4.65. The van der Waals surface area contributed by atoms with Crippen molar-refractivity contribution in [1.82, 2.24) is 9.55 Å². The molecule has 2 rings (SSSR count). The van der Waals surface area contributed by atoms with E-state index in [-0.39, 0.29) is 12.4 Å². The average Bonchev–Trinajstić information content (AvgIpc) is 2.67. The van der Waals surface area contributed by atoms with Gasteiger partial charge in [-0.15, -0.1) is 0 Å². The molecule has 0 amide bonds. The van der Waals surface area contributed by atoms with Gasteiger partial charge in [0, 0.05) is 6.54 Å². The highest BCUT2D eigenvalue weighted by molar-refractivity contribution is 5.79. The highest BCUT2D eigenvalue weighted by atomic mass is 16.5. The SMILES string of the molecule is CCCn1c(CC(=O)OCC)nc2cc(C)ccc21. The summed E-state index contributed by atoms with van der Waals surface area (Å²) in [4.78, 5) is 16.2. The number of nitrogens with zero attached hydrogens (tertiary/aromatic N) is 2. The third-order valence-electron chi connectivity index (χ3n) is 3.04. The van der Waals surface area contributed by atoms with E-state index < -0.39 is 0 Å². The Labute approximate surface area is 113 Å². The second-order valence-electron chi connectivity index (χ2n) is 4.65. The van der Waals surface area contributed by atoms with Gasteiger partial charge in [-0.25, -0.2) is 4.98 Å². The second kappa shape index (κ2) is 5.87. The van der Waals surface area contributed by atoms with Crippen molar-refractivity contribution in [3.05, 3.63) is 29.6 Å². The Morgan fingerprint density at radius 1 is 1.37 bits per heavy atom. The Kier molecular flexibility index (Phi) is 4.20. The molecule has 0 atom stereocenters. The Hall–Kier alpha value is -1.84. The average molecular weight is 260 g/mol. The van der Waals surface area contributed by atoms with E-state index in [1.54, 1.807) is 0 Å². The van der Waals surface area contributed by atoms with Crippen LogP contribution in [0.1, 0.15) is 31.7 Å². The van der Waals surface area contributed by atoms with Crippen molar-refractivity contribution in [2.75, 3.05) is 6.61 Å². The lowest BCUT2D eigenvalue weighted by molar-refractivity contribution is -0.142. The van der Waals surface area contributed by atoms with Crippen LogP contribution in [0.15, 0.2) is 18.2 Å². The van der Waals surface area contributed by atoms with Gasteiger partial charge in [0.15, 0.2) is 0 Å². The standard InChI is InChI=1S/C15H20N2O2/c1-4-8-17-13-7-6-11(3)9-12(13)16-14(17)10-15(18)19-5-2/h6-7,9H,4-5,8,10H2,1-3H3. The first-order valence-electron chi connectivity index (χ1n) is 6.77. The van der Waals surface area contributed by atoms with E-state index >= 15 is 0 Å². The zero-order chi connectivity index (χ0) is 13.8. The molecule has 1 aromatic heterocycles. The Balaban J connectivity index is 2.40. The normalized spacial score (nSPS) is 10.9. The number of hydrogen-bond acceptors (Lipinski definition) is 3. The van der Waals surface area contributed by atoms with Gasteiger partial charge < -0.3 is 9.30 Å². The maximum absolute atomic E-state index is 11.6. The minimum atomic E-state index is -0.216. The molecule has 0 N–H and O–H groups in total. The van der Waals surface area contributed by atoms with Crippen LogP contribution in [0.25, 0.3) is 11.0 Å². The molecule has 0 spiro atoms. The van der Waals surface area contributed by atoms with Crippen LogP contribution in [0.4, 0.5) is 0 Å². The van der Waals surface area contributed by atoms with Crippen molar-refractivity contribution in [3.63, 3.8) is 0 Å². The molecule has 19 heavy (non-hydrogen) atoms. The van der Waals surface area contributed by atoms with Gasteiger partial charge in [0.25, 0.3) is 0 Å². The molecule has 0 unspecified atom stereocenters. The van der Waals surface area contributed by atoms with E-state index in [0.29, 0.717) is 6.61 Å². The summed E-state index contributed by atoms with van der Waals surface area (Å²) in [5, 5.41) is 0. The quantitative estimate of drug-likeness (QED) is 0.776. The highest BCUT2D eigenvalue weighted by Gasteiger charge is 2.14. The topological polar surface area (TPSA) is 44.1 Å². The number of hydrogen-bond donors (Lipinski definition) is 0. The van der Waals surface area contributed by atoms with Crippen LogP contribution in [0, 0.1) is 6.92 Å². The van der Waals surface area contributed by atoms with Gasteiger partial charge in [-0.1, -0.05) is 13.0 Å². The van der Waals surface area contributed by atoms with Gasteiger partial charge in [-0.3, -0.25) is 4.79 Å². The van der Waals surface area contributed by atoms with Crippen LogP contribution in [0.3, 0.4) is 0 Å². The molecular weight excluding hydrogens is 240 g/mol. The van der Waals surface area contributed by atoms with Crippen molar-refractivity contribution >= 4 is 17.0 Å². The van der Waals surface area contributed by atoms with Gasteiger partial charge in [0.2, 0.25) is 0 Å². The van der Waals surface area contributed by atoms with Crippen molar-refractivity contribution in [1.29, 1.82) is 0 Å². The first-order chi connectivity index (χ1) is 9.15. The third-order valence-corrected chi connectivity index (χ3v) is 3.04. The molecule has 0 fully saturated rings. The van der Waals surface area contributed by atoms with E-state index in [4.69, 9.17) is 4.74 Å². The number of carbonyl (C=O) groups is 1. The fourth-order valence-corrected chi connectivity index (χ4v) is 2.24. The van der Waals surface area contributed by atoms with E-state index in [2.05, 4.69) is 34.7 Å². The van der Waals surface area contributed by atoms with Crippen LogP contribution in [0.2, 0.25) is 0 Å². The molecule has 0 radical (unpaired) electrons. The van der Waals surface area contributed by atoms with E-state index in [1.165, 1.54) is 5.56 Å². The lowest BCUT2D eigenvalue weighted by Crippen LogP contribution is -2.12.